The van der Waals surface area contributed by atoms with Crippen LogP contribution in [0.4, 0.5) is 5.82 Å². The Morgan fingerprint density at radius 2 is 2.12 bits per heavy atom. The molecule has 24 heavy (non-hydrogen) atoms. The van der Waals surface area contributed by atoms with Crippen molar-refractivity contribution >= 4 is 27.7 Å². The predicted molar refractivity (Wildman–Crippen MR) is 90.9 cm³/mol. The maximum absolute atomic E-state index is 12.2. The fraction of sp³-hybridized carbons (Fsp3) is 0.125. The standard InChI is InChI=1S/C16H13BrN4O3/c1-9-5-12(11-3-4-13(17)20-16(11)23-2)14(18-6-9)21-15(22)10-7-19-24-8-10/h3-8H,1-2H3,(H,18,21,22). The summed E-state index contributed by atoms with van der Waals surface area (Å²) in [4.78, 5) is 20.9. The smallest absolute Gasteiger partial charge is 0.261 e. The summed E-state index contributed by atoms with van der Waals surface area (Å²) in [7, 11) is 1.54. The van der Waals surface area contributed by atoms with Crippen molar-refractivity contribution in [3.63, 3.8) is 0 Å². The highest BCUT2D eigenvalue weighted by Crippen LogP contribution is 2.34. The van der Waals surface area contributed by atoms with E-state index in [4.69, 9.17) is 9.26 Å². The first-order valence-corrected chi connectivity index (χ1v) is 7.76. The summed E-state index contributed by atoms with van der Waals surface area (Å²) in [5, 5.41) is 6.28. The zero-order chi connectivity index (χ0) is 17.1. The van der Waals surface area contributed by atoms with Crippen LogP contribution in [0.15, 0.2) is 46.0 Å². The fourth-order valence-electron chi connectivity index (χ4n) is 2.15. The van der Waals surface area contributed by atoms with Gasteiger partial charge in [-0.25, -0.2) is 9.97 Å². The largest absolute Gasteiger partial charge is 0.481 e. The van der Waals surface area contributed by atoms with Crippen LogP contribution in [0.25, 0.3) is 11.1 Å². The zero-order valence-electron chi connectivity index (χ0n) is 12.9. The molecule has 3 rings (SSSR count). The van der Waals surface area contributed by atoms with E-state index in [1.54, 1.807) is 12.3 Å². The lowest BCUT2D eigenvalue weighted by Crippen LogP contribution is -2.13. The molecule has 0 aromatic carbocycles. The molecule has 0 aliphatic rings. The maximum atomic E-state index is 12.2. The van der Waals surface area contributed by atoms with E-state index in [2.05, 4.69) is 36.4 Å². The number of pyridine rings is 2. The third kappa shape index (κ3) is 3.28. The van der Waals surface area contributed by atoms with Crippen molar-refractivity contribution in [3.05, 3.63) is 52.6 Å². The van der Waals surface area contributed by atoms with Gasteiger partial charge in [0.1, 0.15) is 16.7 Å². The minimum atomic E-state index is -0.363. The van der Waals surface area contributed by atoms with Crippen LogP contribution in [0.2, 0.25) is 0 Å². The number of aromatic nitrogens is 3. The molecule has 0 radical (unpaired) electrons. The highest BCUT2D eigenvalue weighted by Gasteiger charge is 2.17. The number of nitrogens with one attached hydrogen (secondary N) is 1. The van der Waals surface area contributed by atoms with Crippen molar-refractivity contribution in [1.29, 1.82) is 0 Å². The quantitative estimate of drug-likeness (QED) is 0.688. The lowest BCUT2D eigenvalue weighted by molar-refractivity contribution is 0.102. The normalized spacial score (nSPS) is 10.5. The van der Waals surface area contributed by atoms with Crippen LogP contribution in [0.3, 0.4) is 0 Å². The van der Waals surface area contributed by atoms with Crippen molar-refractivity contribution < 1.29 is 14.1 Å². The number of nitrogens with zero attached hydrogens (tertiary/aromatic N) is 3. The Morgan fingerprint density at radius 3 is 2.83 bits per heavy atom. The van der Waals surface area contributed by atoms with Gasteiger partial charge in [0.15, 0.2) is 0 Å². The summed E-state index contributed by atoms with van der Waals surface area (Å²) in [6.45, 7) is 1.92. The second-order valence-corrected chi connectivity index (χ2v) is 5.78. The minimum absolute atomic E-state index is 0.309. The molecule has 0 aliphatic carbocycles. The molecule has 3 heterocycles. The van der Waals surface area contributed by atoms with Crippen molar-refractivity contribution in [2.75, 3.05) is 12.4 Å². The number of aryl methyl sites for hydroxylation is 1. The van der Waals surface area contributed by atoms with Crippen molar-refractivity contribution in [2.45, 2.75) is 6.92 Å². The van der Waals surface area contributed by atoms with Crippen LogP contribution in [0.5, 0.6) is 5.88 Å². The molecule has 0 spiro atoms. The lowest BCUT2D eigenvalue weighted by atomic mass is 10.1. The van der Waals surface area contributed by atoms with Gasteiger partial charge in [0.05, 0.1) is 18.9 Å². The number of carbonyl (C=O) groups excluding carboxylic acids is 1. The van der Waals surface area contributed by atoms with E-state index >= 15 is 0 Å². The van der Waals surface area contributed by atoms with E-state index in [1.165, 1.54) is 19.6 Å². The molecule has 1 amide bonds. The van der Waals surface area contributed by atoms with Crippen molar-refractivity contribution in [3.8, 4) is 17.0 Å². The van der Waals surface area contributed by atoms with Crippen LogP contribution in [0, 0.1) is 6.92 Å². The predicted octanol–water partition coefficient (Wildman–Crippen LogP) is 3.46. The molecule has 3 aromatic rings. The molecule has 0 saturated heterocycles. The first kappa shape index (κ1) is 16.1. The lowest BCUT2D eigenvalue weighted by Gasteiger charge is -2.13. The van der Waals surface area contributed by atoms with Gasteiger partial charge < -0.3 is 14.6 Å². The summed E-state index contributed by atoms with van der Waals surface area (Å²) in [6.07, 6.45) is 4.28. The topological polar surface area (TPSA) is 90.1 Å². The summed E-state index contributed by atoms with van der Waals surface area (Å²) in [5.74, 6) is 0.462. The molecule has 0 unspecified atom stereocenters. The monoisotopic (exact) mass is 388 g/mol. The molecular formula is C16H13BrN4O3. The number of ether oxygens (including phenoxy) is 1. The molecule has 3 aromatic heterocycles. The van der Waals surface area contributed by atoms with Gasteiger partial charge in [-0.15, -0.1) is 0 Å². The van der Waals surface area contributed by atoms with Gasteiger partial charge in [0.2, 0.25) is 5.88 Å². The number of rotatable bonds is 4. The second-order valence-electron chi connectivity index (χ2n) is 4.97. The van der Waals surface area contributed by atoms with Gasteiger partial charge >= 0.3 is 0 Å². The van der Waals surface area contributed by atoms with Crippen LogP contribution in [0.1, 0.15) is 15.9 Å². The Bertz CT molecular complexity index is 881. The molecule has 1 N–H and O–H groups in total. The number of halogens is 1. The molecule has 7 nitrogen and oxygen atoms in total. The van der Waals surface area contributed by atoms with Crippen LogP contribution in [-0.2, 0) is 0 Å². The van der Waals surface area contributed by atoms with Gasteiger partial charge in [-0.05, 0) is 46.6 Å². The zero-order valence-corrected chi connectivity index (χ0v) is 14.5. The van der Waals surface area contributed by atoms with Crippen LogP contribution >= 0.6 is 15.9 Å². The molecule has 0 fully saturated rings. The molecule has 122 valence electrons. The number of hydrogen-bond acceptors (Lipinski definition) is 6. The third-order valence-corrected chi connectivity index (χ3v) is 3.70. The second kappa shape index (κ2) is 6.79. The first-order valence-electron chi connectivity index (χ1n) is 6.97. The molecule has 0 atom stereocenters. The number of carbonyl (C=O) groups is 1. The van der Waals surface area contributed by atoms with Gasteiger partial charge in [-0.3, -0.25) is 4.79 Å². The minimum Gasteiger partial charge on any atom is -0.481 e. The van der Waals surface area contributed by atoms with Crippen molar-refractivity contribution in [2.24, 2.45) is 0 Å². The molecule has 8 heteroatoms. The number of methoxy groups -OCH3 is 1. The Balaban J connectivity index is 2.05. The summed E-state index contributed by atoms with van der Waals surface area (Å²) < 4.78 is 10.7. The van der Waals surface area contributed by atoms with Gasteiger partial charge in [-0.2, -0.15) is 0 Å². The van der Waals surface area contributed by atoms with E-state index in [9.17, 15) is 4.79 Å². The Kier molecular flexibility index (Phi) is 4.57. The number of hydrogen-bond donors (Lipinski definition) is 1. The maximum Gasteiger partial charge on any atom is 0.261 e. The van der Waals surface area contributed by atoms with Crippen LogP contribution in [-0.4, -0.2) is 28.1 Å². The fourth-order valence-corrected chi connectivity index (χ4v) is 2.44. The molecule has 0 bridgehead atoms. The summed E-state index contributed by atoms with van der Waals surface area (Å²) in [5.41, 5.74) is 2.68. The molecular weight excluding hydrogens is 376 g/mol. The van der Waals surface area contributed by atoms with Crippen LogP contribution < -0.4 is 10.1 Å². The SMILES string of the molecule is COc1nc(Br)ccc1-c1cc(C)cnc1NC(=O)c1cnoc1. The van der Waals surface area contributed by atoms with Gasteiger partial charge in [0.25, 0.3) is 5.91 Å². The van der Waals surface area contributed by atoms with E-state index in [0.29, 0.717) is 27.4 Å². The average molecular weight is 389 g/mol. The molecule has 0 aliphatic heterocycles. The van der Waals surface area contributed by atoms with E-state index in [1.807, 2.05) is 19.1 Å². The van der Waals surface area contributed by atoms with E-state index in [-0.39, 0.29) is 5.91 Å². The number of anilines is 1. The summed E-state index contributed by atoms with van der Waals surface area (Å²) in [6, 6.07) is 5.55. The van der Waals surface area contributed by atoms with E-state index < -0.39 is 0 Å². The average Bonchev–Trinajstić information content (AvgIpc) is 3.11. The van der Waals surface area contributed by atoms with Crippen molar-refractivity contribution in [1.82, 2.24) is 15.1 Å². The first-order chi connectivity index (χ1) is 11.6. The molecule has 0 saturated carbocycles. The summed E-state index contributed by atoms with van der Waals surface area (Å²) >= 11 is 3.32. The Hall–Kier alpha value is -2.74. The Labute approximate surface area is 146 Å². The third-order valence-electron chi connectivity index (χ3n) is 3.26. The highest BCUT2D eigenvalue weighted by molar-refractivity contribution is 9.10. The van der Waals surface area contributed by atoms with Gasteiger partial charge in [-0.1, -0.05) is 5.16 Å². The Morgan fingerprint density at radius 1 is 1.29 bits per heavy atom. The van der Waals surface area contributed by atoms with E-state index in [0.717, 1.165) is 11.1 Å². The highest BCUT2D eigenvalue weighted by atomic mass is 79.9. The number of amides is 1. The van der Waals surface area contributed by atoms with Gasteiger partial charge in [0, 0.05) is 17.3 Å².